The zero-order chi connectivity index (χ0) is 16.3. The van der Waals surface area contributed by atoms with E-state index in [2.05, 4.69) is 17.4 Å². The van der Waals surface area contributed by atoms with Gasteiger partial charge in [-0.2, -0.15) is 0 Å². The number of ether oxygens (including phenoxy) is 1. The van der Waals surface area contributed by atoms with Crippen LogP contribution in [-0.2, 0) is 14.8 Å². The summed E-state index contributed by atoms with van der Waals surface area (Å²) in [6.07, 6.45) is 0. The highest BCUT2D eigenvalue weighted by Gasteiger charge is 2.29. The minimum absolute atomic E-state index is 0.105. The molecule has 1 aliphatic rings. The van der Waals surface area contributed by atoms with E-state index in [1.54, 1.807) is 23.9 Å². The third kappa shape index (κ3) is 4.26. The molecule has 1 fully saturated rings. The summed E-state index contributed by atoms with van der Waals surface area (Å²) in [6, 6.07) is 16.8. The quantitative estimate of drug-likeness (QED) is 0.865. The number of hydrogen-bond acceptors (Lipinski definition) is 5. The predicted molar refractivity (Wildman–Crippen MR) is 92.1 cm³/mol. The monoisotopic (exact) mass is 350 g/mol. The van der Waals surface area contributed by atoms with Crippen molar-refractivity contribution in [1.82, 2.24) is 0 Å². The van der Waals surface area contributed by atoms with Crippen molar-refractivity contribution >= 4 is 27.5 Å². The van der Waals surface area contributed by atoms with Crippen molar-refractivity contribution in [1.29, 1.82) is 0 Å². The van der Waals surface area contributed by atoms with Crippen LogP contribution in [0.25, 0.3) is 0 Å². The molecule has 1 aliphatic heterocycles. The number of primary sulfonamides is 1. The smallest absolute Gasteiger partial charge is 0.238 e. The molecule has 7 heteroatoms. The first kappa shape index (κ1) is 16.3. The predicted octanol–water partition coefficient (Wildman–Crippen LogP) is 2.31. The van der Waals surface area contributed by atoms with Crippen LogP contribution < -0.4 is 10.5 Å². The van der Waals surface area contributed by atoms with Crippen LogP contribution in [0.2, 0.25) is 0 Å². The fourth-order valence-corrected chi connectivity index (χ4v) is 4.13. The third-order valence-corrected chi connectivity index (χ3v) is 5.80. The molecule has 1 heterocycles. The lowest BCUT2D eigenvalue weighted by Crippen LogP contribution is -2.30. The molecule has 2 aromatic rings. The Morgan fingerprint density at radius 3 is 2.61 bits per heavy atom. The van der Waals surface area contributed by atoms with E-state index >= 15 is 0 Å². The minimum Gasteiger partial charge on any atom is -0.379 e. The molecule has 2 unspecified atom stereocenters. The largest absolute Gasteiger partial charge is 0.379 e. The summed E-state index contributed by atoms with van der Waals surface area (Å²) in [6.45, 7) is 1.25. The van der Waals surface area contributed by atoms with E-state index in [0.29, 0.717) is 13.2 Å². The summed E-state index contributed by atoms with van der Waals surface area (Å²) in [5.74, 6) is 0. The van der Waals surface area contributed by atoms with Gasteiger partial charge in [0, 0.05) is 10.6 Å². The Kier molecular flexibility index (Phi) is 4.91. The van der Waals surface area contributed by atoms with E-state index in [-0.39, 0.29) is 16.2 Å². The second-order valence-corrected chi connectivity index (χ2v) is 8.20. The Hall–Kier alpha value is -1.54. The lowest BCUT2D eigenvalue weighted by atomic mass is 10.2. The molecule has 5 nitrogen and oxygen atoms in total. The Morgan fingerprint density at radius 2 is 1.87 bits per heavy atom. The first-order valence-corrected chi connectivity index (χ1v) is 9.64. The van der Waals surface area contributed by atoms with Gasteiger partial charge >= 0.3 is 0 Å². The number of nitrogens with two attached hydrogens (primary N) is 1. The van der Waals surface area contributed by atoms with Gasteiger partial charge in [0.1, 0.15) is 0 Å². The van der Waals surface area contributed by atoms with E-state index in [1.807, 2.05) is 24.3 Å². The fraction of sp³-hybridized carbons (Fsp3) is 0.250. The lowest BCUT2D eigenvalue weighted by Gasteiger charge is -2.20. The number of benzene rings is 2. The molecule has 2 aromatic carbocycles. The maximum Gasteiger partial charge on any atom is 0.238 e. The fourth-order valence-electron chi connectivity index (χ4n) is 2.44. The first-order chi connectivity index (χ1) is 11.0. The van der Waals surface area contributed by atoms with E-state index in [4.69, 9.17) is 9.88 Å². The maximum absolute atomic E-state index is 11.4. The standard InChI is InChI=1S/C16H18N2O3S2/c17-23(19,20)14-8-4-5-12(9-14)18-15-10-21-11-16(15)22-13-6-2-1-3-7-13/h1-9,15-16,18H,10-11H2,(H2,17,19,20). The van der Waals surface area contributed by atoms with Gasteiger partial charge in [0.15, 0.2) is 0 Å². The van der Waals surface area contributed by atoms with E-state index in [1.165, 1.54) is 11.0 Å². The molecule has 23 heavy (non-hydrogen) atoms. The van der Waals surface area contributed by atoms with Crippen molar-refractivity contribution in [3.8, 4) is 0 Å². The summed E-state index contributed by atoms with van der Waals surface area (Å²) in [5, 5.41) is 8.80. The highest BCUT2D eigenvalue weighted by Crippen LogP contribution is 2.30. The van der Waals surface area contributed by atoms with Crippen molar-refractivity contribution in [3.63, 3.8) is 0 Å². The Morgan fingerprint density at radius 1 is 1.09 bits per heavy atom. The van der Waals surface area contributed by atoms with Gasteiger partial charge in [-0.3, -0.25) is 0 Å². The van der Waals surface area contributed by atoms with Crippen LogP contribution in [0.3, 0.4) is 0 Å². The Labute approximate surface area is 140 Å². The average Bonchev–Trinajstić information content (AvgIpc) is 2.95. The summed E-state index contributed by atoms with van der Waals surface area (Å²) < 4.78 is 28.5. The molecule has 0 saturated carbocycles. The highest BCUT2D eigenvalue weighted by molar-refractivity contribution is 8.00. The number of anilines is 1. The van der Waals surface area contributed by atoms with Gasteiger partial charge in [0.2, 0.25) is 10.0 Å². The van der Waals surface area contributed by atoms with Gasteiger partial charge in [0.05, 0.1) is 29.4 Å². The topological polar surface area (TPSA) is 81.4 Å². The molecule has 0 bridgehead atoms. The molecule has 1 saturated heterocycles. The van der Waals surface area contributed by atoms with E-state index in [9.17, 15) is 8.42 Å². The summed E-state index contributed by atoms with van der Waals surface area (Å²) in [5.41, 5.74) is 0.727. The molecule has 3 rings (SSSR count). The van der Waals surface area contributed by atoms with E-state index < -0.39 is 10.0 Å². The SMILES string of the molecule is NS(=O)(=O)c1cccc(NC2COCC2Sc2ccccc2)c1. The summed E-state index contributed by atoms with van der Waals surface area (Å²) in [7, 11) is -3.70. The number of rotatable bonds is 5. The van der Waals surface area contributed by atoms with Gasteiger partial charge in [-0.05, 0) is 30.3 Å². The molecule has 0 spiro atoms. The van der Waals surface area contributed by atoms with Crippen LogP contribution in [0, 0.1) is 0 Å². The molecule has 2 atom stereocenters. The van der Waals surface area contributed by atoms with Crippen molar-refractivity contribution in [2.45, 2.75) is 21.1 Å². The number of thioether (sulfide) groups is 1. The molecule has 3 N–H and O–H groups in total. The second-order valence-electron chi connectivity index (χ2n) is 5.33. The van der Waals surface area contributed by atoms with Crippen LogP contribution in [0.1, 0.15) is 0 Å². The molecule has 0 amide bonds. The third-order valence-electron chi connectivity index (χ3n) is 3.57. The van der Waals surface area contributed by atoms with Gasteiger partial charge in [0.25, 0.3) is 0 Å². The first-order valence-electron chi connectivity index (χ1n) is 7.21. The highest BCUT2D eigenvalue weighted by atomic mass is 32.2. The number of hydrogen-bond donors (Lipinski definition) is 2. The van der Waals surface area contributed by atoms with E-state index in [0.717, 1.165) is 5.69 Å². The van der Waals surface area contributed by atoms with Gasteiger partial charge in [-0.1, -0.05) is 24.3 Å². The minimum atomic E-state index is -3.70. The lowest BCUT2D eigenvalue weighted by molar-refractivity contribution is 0.196. The van der Waals surface area contributed by atoms with Crippen molar-refractivity contribution in [3.05, 3.63) is 54.6 Å². The van der Waals surface area contributed by atoms with Gasteiger partial charge < -0.3 is 10.1 Å². The normalized spacial score (nSPS) is 21.3. The summed E-state index contributed by atoms with van der Waals surface area (Å²) in [4.78, 5) is 1.29. The Balaban J connectivity index is 1.72. The van der Waals surface area contributed by atoms with Crippen LogP contribution in [0.15, 0.2) is 64.4 Å². The Bertz CT molecular complexity index is 766. The molecule has 122 valence electrons. The van der Waals surface area contributed by atoms with Gasteiger partial charge in [-0.25, -0.2) is 13.6 Å². The van der Waals surface area contributed by atoms with Crippen molar-refractivity contribution < 1.29 is 13.2 Å². The number of sulfonamides is 1. The molecule has 0 radical (unpaired) electrons. The zero-order valence-corrected chi connectivity index (χ0v) is 14.0. The molecule has 0 aliphatic carbocycles. The van der Waals surface area contributed by atoms with Crippen molar-refractivity contribution in [2.75, 3.05) is 18.5 Å². The van der Waals surface area contributed by atoms with Crippen LogP contribution in [0.4, 0.5) is 5.69 Å². The average molecular weight is 350 g/mol. The van der Waals surface area contributed by atoms with Crippen LogP contribution in [0.5, 0.6) is 0 Å². The maximum atomic E-state index is 11.4. The molecule has 0 aromatic heterocycles. The summed E-state index contributed by atoms with van der Waals surface area (Å²) >= 11 is 1.76. The zero-order valence-electron chi connectivity index (χ0n) is 12.4. The molecular formula is C16H18N2O3S2. The van der Waals surface area contributed by atoms with Crippen LogP contribution in [-0.4, -0.2) is 32.9 Å². The second kappa shape index (κ2) is 6.92. The molecular weight excluding hydrogens is 332 g/mol. The number of nitrogens with one attached hydrogen (secondary N) is 1. The van der Waals surface area contributed by atoms with Crippen LogP contribution >= 0.6 is 11.8 Å². The van der Waals surface area contributed by atoms with Gasteiger partial charge in [-0.15, -0.1) is 11.8 Å². The van der Waals surface area contributed by atoms with Crippen molar-refractivity contribution in [2.24, 2.45) is 5.14 Å².